The van der Waals surface area contributed by atoms with Crippen molar-refractivity contribution in [2.45, 2.75) is 12.8 Å². The number of nitrogens with one attached hydrogen (secondary N) is 1. The summed E-state index contributed by atoms with van der Waals surface area (Å²) in [4.78, 5) is 10.3. The molecular formula is C12H15ClN2O2. The standard InChI is InChI=1S/C12H14N2O2.ClH/c15-14(16)12-3-1-2-11(9-12)8-10-4-6-13-7-5-10;/h1-3,8-9,13H,4-7H2;1H. The lowest BCUT2D eigenvalue weighted by molar-refractivity contribution is -0.384. The Labute approximate surface area is 106 Å². The molecule has 1 heterocycles. The van der Waals surface area contributed by atoms with E-state index in [9.17, 15) is 10.1 Å². The van der Waals surface area contributed by atoms with Gasteiger partial charge in [-0.05, 0) is 31.5 Å². The zero-order valence-corrected chi connectivity index (χ0v) is 10.2. The predicted octanol–water partition coefficient (Wildman–Crippen LogP) is 2.78. The molecule has 0 aromatic heterocycles. The molecule has 0 atom stereocenters. The summed E-state index contributed by atoms with van der Waals surface area (Å²) in [6.45, 7) is 2.00. The van der Waals surface area contributed by atoms with Crippen molar-refractivity contribution in [3.63, 3.8) is 0 Å². The first-order valence-corrected chi connectivity index (χ1v) is 5.40. The molecule has 0 radical (unpaired) electrons. The summed E-state index contributed by atoms with van der Waals surface area (Å²) in [5.41, 5.74) is 2.44. The van der Waals surface area contributed by atoms with Gasteiger partial charge in [-0.2, -0.15) is 0 Å². The molecule has 1 fully saturated rings. The van der Waals surface area contributed by atoms with Crippen LogP contribution in [0, 0.1) is 10.1 Å². The summed E-state index contributed by atoms with van der Waals surface area (Å²) in [7, 11) is 0. The summed E-state index contributed by atoms with van der Waals surface area (Å²) < 4.78 is 0. The van der Waals surface area contributed by atoms with Crippen LogP contribution in [-0.4, -0.2) is 18.0 Å². The minimum atomic E-state index is -0.357. The van der Waals surface area contributed by atoms with Gasteiger partial charge < -0.3 is 5.32 Å². The van der Waals surface area contributed by atoms with Crippen LogP contribution < -0.4 is 5.32 Å². The van der Waals surface area contributed by atoms with Gasteiger partial charge in [-0.15, -0.1) is 12.4 Å². The van der Waals surface area contributed by atoms with Crippen molar-refractivity contribution in [1.29, 1.82) is 0 Å². The van der Waals surface area contributed by atoms with Crippen LogP contribution in [0.1, 0.15) is 18.4 Å². The summed E-state index contributed by atoms with van der Waals surface area (Å²) in [6.07, 6.45) is 4.12. The van der Waals surface area contributed by atoms with Gasteiger partial charge in [0.15, 0.2) is 0 Å². The molecule has 1 N–H and O–H groups in total. The maximum atomic E-state index is 10.6. The quantitative estimate of drug-likeness (QED) is 0.652. The molecule has 0 saturated carbocycles. The zero-order chi connectivity index (χ0) is 11.4. The molecule has 0 bridgehead atoms. The number of halogens is 1. The molecule has 0 amide bonds. The SMILES string of the molecule is Cl.O=[N+]([O-])c1cccc(C=C2CCNCC2)c1. The van der Waals surface area contributed by atoms with E-state index in [-0.39, 0.29) is 23.0 Å². The minimum absolute atomic E-state index is 0. The average molecular weight is 255 g/mol. The van der Waals surface area contributed by atoms with E-state index in [4.69, 9.17) is 0 Å². The van der Waals surface area contributed by atoms with Gasteiger partial charge in [0.1, 0.15) is 0 Å². The Morgan fingerprint density at radius 1 is 1.29 bits per heavy atom. The third kappa shape index (κ3) is 3.84. The molecule has 1 aromatic carbocycles. The van der Waals surface area contributed by atoms with Gasteiger partial charge in [-0.25, -0.2) is 0 Å². The maximum Gasteiger partial charge on any atom is 0.270 e. The largest absolute Gasteiger partial charge is 0.316 e. The van der Waals surface area contributed by atoms with Gasteiger partial charge in [-0.3, -0.25) is 10.1 Å². The summed E-state index contributed by atoms with van der Waals surface area (Å²) in [5, 5.41) is 13.9. The highest BCUT2D eigenvalue weighted by atomic mass is 35.5. The highest BCUT2D eigenvalue weighted by molar-refractivity contribution is 5.85. The fraction of sp³-hybridized carbons (Fsp3) is 0.333. The normalized spacial score (nSPS) is 14.9. The number of hydrogen-bond donors (Lipinski definition) is 1. The topological polar surface area (TPSA) is 55.2 Å². The first-order valence-electron chi connectivity index (χ1n) is 5.40. The lowest BCUT2D eigenvalue weighted by Crippen LogP contribution is -2.22. The van der Waals surface area contributed by atoms with Crippen molar-refractivity contribution >= 4 is 24.2 Å². The van der Waals surface area contributed by atoms with Crippen LogP contribution in [0.5, 0.6) is 0 Å². The Bertz CT molecular complexity index is 424. The number of benzene rings is 1. The van der Waals surface area contributed by atoms with E-state index in [0.29, 0.717) is 0 Å². The van der Waals surface area contributed by atoms with Crippen LogP contribution in [0.2, 0.25) is 0 Å². The van der Waals surface area contributed by atoms with Crippen molar-refractivity contribution in [1.82, 2.24) is 5.32 Å². The van der Waals surface area contributed by atoms with E-state index < -0.39 is 0 Å². The molecule has 1 saturated heterocycles. The van der Waals surface area contributed by atoms with Gasteiger partial charge in [0.05, 0.1) is 4.92 Å². The van der Waals surface area contributed by atoms with Gasteiger partial charge in [-0.1, -0.05) is 23.8 Å². The second-order valence-corrected chi connectivity index (χ2v) is 3.90. The van der Waals surface area contributed by atoms with Crippen LogP contribution in [0.3, 0.4) is 0 Å². The molecule has 1 aromatic rings. The fourth-order valence-corrected chi connectivity index (χ4v) is 1.86. The third-order valence-electron chi connectivity index (χ3n) is 2.70. The Hall–Kier alpha value is -1.39. The smallest absolute Gasteiger partial charge is 0.270 e. The number of hydrogen-bond acceptors (Lipinski definition) is 3. The van der Waals surface area contributed by atoms with E-state index in [1.54, 1.807) is 12.1 Å². The predicted molar refractivity (Wildman–Crippen MR) is 70.4 cm³/mol. The molecule has 0 aliphatic carbocycles. The molecule has 1 aliphatic rings. The van der Waals surface area contributed by atoms with Crippen molar-refractivity contribution < 1.29 is 4.92 Å². The average Bonchev–Trinajstić information content (AvgIpc) is 2.30. The highest BCUT2D eigenvalue weighted by Crippen LogP contribution is 2.19. The van der Waals surface area contributed by atoms with Crippen LogP contribution in [0.25, 0.3) is 6.08 Å². The Morgan fingerprint density at radius 2 is 2.00 bits per heavy atom. The van der Waals surface area contributed by atoms with Crippen molar-refractivity contribution in [3.05, 3.63) is 45.5 Å². The monoisotopic (exact) mass is 254 g/mol. The van der Waals surface area contributed by atoms with Gasteiger partial charge in [0.2, 0.25) is 0 Å². The molecule has 1 aliphatic heterocycles. The van der Waals surface area contributed by atoms with E-state index in [1.165, 1.54) is 11.6 Å². The Kier molecular flexibility index (Phi) is 5.12. The van der Waals surface area contributed by atoms with Crippen LogP contribution >= 0.6 is 12.4 Å². The van der Waals surface area contributed by atoms with Crippen molar-refractivity contribution in [2.24, 2.45) is 0 Å². The second-order valence-electron chi connectivity index (χ2n) is 3.90. The minimum Gasteiger partial charge on any atom is -0.316 e. The lowest BCUT2D eigenvalue weighted by atomic mass is 10.0. The highest BCUT2D eigenvalue weighted by Gasteiger charge is 2.07. The second kappa shape index (κ2) is 6.37. The number of piperidine rings is 1. The van der Waals surface area contributed by atoms with E-state index in [2.05, 4.69) is 11.4 Å². The molecule has 5 heteroatoms. The first kappa shape index (κ1) is 13.7. The molecular weight excluding hydrogens is 240 g/mol. The van der Waals surface area contributed by atoms with Crippen molar-refractivity contribution in [3.8, 4) is 0 Å². The Balaban J connectivity index is 0.00000144. The van der Waals surface area contributed by atoms with E-state index in [1.807, 2.05) is 6.07 Å². The van der Waals surface area contributed by atoms with Gasteiger partial charge in [0.25, 0.3) is 5.69 Å². The molecule has 4 nitrogen and oxygen atoms in total. The zero-order valence-electron chi connectivity index (χ0n) is 9.39. The number of rotatable bonds is 2. The fourth-order valence-electron chi connectivity index (χ4n) is 1.86. The molecule has 0 unspecified atom stereocenters. The van der Waals surface area contributed by atoms with Crippen LogP contribution in [0.15, 0.2) is 29.8 Å². The Morgan fingerprint density at radius 3 is 2.65 bits per heavy atom. The maximum absolute atomic E-state index is 10.6. The van der Waals surface area contributed by atoms with Crippen molar-refractivity contribution in [2.75, 3.05) is 13.1 Å². The van der Waals surface area contributed by atoms with Crippen LogP contribution in [-0.2, 0) is 0 Å². The van der Waals surface area contributed by atoms with E-state index >= 15 is 0 Å². The third-order valence-corrected chi connectivity index (χ3v) is 2.70. The van der Waals surface area contributed by atoms with Gasteiger partial charge in [0, 0.05) is 12.1 Å². The lowest BCUT2D eigenvalue weighted by Gasteiger charge is -2.14. The summed E-state index contributed by atoms with van der Waals surface area (Å²) >= 11 is 0. The summed E-state index contributed by atoms with van der Waals surface area (Å²) in [5.74, 6) is 0. The first-order chi connectivity index (χ1) is 7.75. The molecule has 2 rings (SSSR count). The van der Waals surface area contributed by atoms with Crippen LogP contribution in [0.4, 0.5) is 5.69 Å². The number of nitro benzene ring substituents is 1. The number of nitrogens with zero attached hydrogens (tertiary/aromatic N) is 1. The molecule has 0 spiro atoms. The summed E-state index contributed by atoms with van der Waals surface area (Å²) in [6, 6.07) is 6.77. The molecule has 17 heavy (non-hydrogen) atoms. The van der Waals surface area contributed by atoms with E-state index in [0.717, 1.165) is 31.5 Å². The van der Waals surface area contributed by atoms with Gasteiger partial charge >= 0.3 is 0 Å². The molecule has 92 valence electrons. The number of non-ortho nitro benzene ring substituents is 1. The number of nitro groups is 1.